The Balaban J connectivity index is 3.83. The van der Waals surface area contributed by atoms with Crippen LogP contribution >= 0.6 is 0 Å². The Morgan fingerprint density at radius 3 is 2.42 bits per heavy atom. The van der Waals surface area contributed by atoms with E-state index >= 15 is 0 Å². The fourth-order valence-electron chi connectivity index (χ4n) is 0.513. The summed E-state index contributed by atoms with van der Waals surface area (Å²) in [5, 5.41) is 28.6. The maximum absolute atomic E-state index is 10.5. The molecular weight excluding hydrogens is 162 g/mol. The van der Waals surface area contributed by atoms with E-state index in [4.69, 9.17) is 15.3 Å². The van der Waals surface area contributed by atoms with Crippen LogP contribution in [0.2, 0.25) is 0 Å². The lowest BCUT2D eigenvalue weighted by Crippen LogP contribution is -2.49. The third kappa shape index (κ3) is 3.66. The van der Waals surface area contributed by atoms with Crippen molar-refractivity contribution < 1.29 is 20.1 Å². The van der Waals surface area contributed by atoms with E-state index in [9.17, 15) is 4.79 Å². The van der Waals surface area contributed by atoms with Crippen molar-refractivity contribution in [3.8, 4) is 0 Å². The van der Waals surface area contributed by atoms with Crippen molar-refractivity contribution >= 4 is 5.97 Å². The van der Waals surface area contributed by atoms with Gasteiger partial charge in [-0.2, -0.15) is 0 Å². The lowest BCUT2D eigenvalue weighted by molar-refractivity contribution is -0.143. The van der Waals surface area contributed by atoms with E-state index in [1.54, 1.807) is 0 Å². The maximum atomic E-state index is 10.5. The second-order valence-electron chi connectivity index (χ2n) is 3.15. The number of carboxylic acids is 1. The maximum Gasteiger partial charge on any atom is 0.323 e. The molecule has 1 atom stereocenters. The van der Waals surface area contributed by atoms with E-state index in [0.717, 1.165) is 0 Å². The molecule has 4 N–H and O–H groups in total. The van der Waals surface area contributed by atoms with Crippen LogP contribution in [0.1, 0.15) is 13.8 Å². The number of hydrogen-bond acceptors (Lipinski definition) is 4. The number of aliphatic hydroxyl groups excluding tert-OH is 2. The Hall–Kier alpha value is -0.650. The highest BCUT2D eigenvalue weighted by atomic mass is 16.4. The molecule has 0 radical (unpaired) electrons. The summed E-state index contributed by atoms with van der Waals surface area (Å²) in [6.07, 6.45) is -0.913. The molecule has 12 heavy (non-hydrogen) atoms. The number of rotatable bonds is 5. The minimum absolute atomic E-state index is 0.0653. The van der Waals surface area contributed by atoms with Gasteiger partial charge in [-0.05, 0) is 13.8 Å². The molecule has 0 aromatic rings. The molecular formula is C7H15NO4. The van der Waals surface area contributed by atoms with Gasteiger partial charge >= 0.3 is 5.97 Å². The van der Waals surface area contributed by atoms with Gasteiger partial charge in [0.2, 0.25) is 0 Å². The van der Waals surface area contributed by atoms with Crippen molar-refractivity contribution in [3.63, 3.8) is 0 Å². The van der Waals surface area contributed by atoms with Gasteiger partial charge in [-0.3, -0.25) is 10.1 Å². The Morgan fingerprint density at radius 2 is 2.08 bits per heavy atom. The molecule has 72 valence electrons. The molecule has 0 fully saturated rings. The first-order valence-corrected chi connectivity index (χ1v) is 3.67. The van der Waals surface area contributed by atoms with E-state index in [2.05, 4.69) is 5.32 Å². The van der Waals surface area contributed by atoms with Gasteiger partial charge in [-0.15, -0.1) is 0 Å². The molecule has 0 spiro atoms. The highest BCUT2D eigenvalue weighted by Crippen LogP contribution is 2.00. The summed E-state index contributed by atoms with van der Waals surface area (Å²) in [6.45, 7) is 2.66. The molecule has 0 aliphatic carbocycles. The zero-order chi connectivity index (χ0) is 9.78. The van der Waals surface area contributed by atoms with Crippen molar-refractivity contribution in [1.82, 2.24) is 5.32 Å². The molecule has 0 heterocycles. The van der Waals surface area contributed by atoms with Gasteiger partial charge in [-0.25, -0.2) is 0 Å². The summed E-state index contributed by atoms with van der Waals surface area (Å²) in [4.78, 5) is 10.5. The van der Waals surface area contributed by atoms with Crippen molar-refractivity contribution in [3.05, 3.63) is 0 Å². The molecule has 0 aromatic heterocycles. The van der Waals surface area contributed by atoms with Crippen molar-refractivity contribution in [1.29, 1.82) is 0 Å². The zero-order valence-electron chi connectivity index (χ0n) is 7.24. The van der Waals surface area contributed by atoms with E-state index < -0.39 is 17.6 Å². The molecule has 5 heteroatoms. The summed E-state index contributed by atoms with van der Waals surface area (Å²) < 4.78 is 0. The molecule has 5 nitrogen and oxygen atoms in total. The quantitative estimate of drug-likeness (QED) is 0.423. The fraction of sp³-hybridized carbons (Fsp3) is 0.857. The number of β-amino-alcohol motifs (C(OH)–C–C–N with tert-alkyl or cyclic N) is 1. The highest BCUT2D eigenvalue weighted by Gasteiger charge is 2.26. The van der Waals surface area contributed by atoms with Crippen LogP contribution in [0.5, 0.6) is 0 Å². The number of nitrogens with one attached hydrogen (secondary N) is 1. The normalized spacial score (nSPS) is 14.3. The van der Waals surface area contributed by atoms with Gasteiger partial charge in [0.15, 0.2) is 0 Å². The van der Waals surface area contributed by atoms with Crippen LogP contribution in [0.15, 0.2) is 0 Å². The summed E-state index contributed by atoms with van der Waals surface area (Å²) in [5.74, 6) is -0.993. The topological polar surface area (TPSA) is 89.8 Å². The van der Waals surface area contributed by atoms with E-state index in [-0.39, 0.29) is 13.2 Å². The summed E-state index contributed by atoms with van der Waals surface area (Å²) >= 11 is 0. The minimum atomic E-state index is -1.07. The number of aliphatic hydroxyl groups is 2. The molecule has 1 unspecified atom stereocenters. The Kier molecular flexibility index (Phi) is 4.16. The standard InChI is InChI=1S/C7H15NO4/c1-7(2,6(11)12)8-3-5(10)4-9/h5,8-10H,3-4H2,1-2H3,(H,11,12). The van der Waals surface area contributed by atoms with Crippen LogP contribution in [0, 0.1) is 0 Å². The van der Waals surface area contributed by atoms with Gasteiger partial charge in [0.05, 0.1) is 12.7 Å². The van der Waals surface area contributed by atoms with Gasteiger partial charge in [0, 0.05) is 6.54 Å². The smallest absolute Gasteiger partial charge is 0.323 e. The second-order valence-corrected chi connectivity index (χ2v) is 3.15. The number of hydrogen-bond donors (Lipinski definition) is 4. The predicted molar refractivity (Wildman–Crippen MR) is 42.8 cm³/mol. The van der Waals surface area contributed by atoms with E-state index in [1.807, 2.05) is 0 Å². The monoisotopic (exact) mass is 177 g/mol. The largest absolute Gasteiger partial charge is 0.480 e. The molecule has 0 saturated carbocycles. The minimum Gasteiger partial charge on any atom is -0.480 e. The molecule has 0 rings (SSSR count). The van der Waals surface area contributed by atoms with E-state index in [0.29, 0.717) is 0 Å². The van der Waals surface area contributed by atoms with Crippen molar-refractivity contribution in [2.75, 3.05) is 13.2 Å². The third-order valence-corrected chi connectivity index (χ3v) is 1.53. The number of aliphatic carboxylic acids is 1. The van der Waals surface area contributed by atoms with Crippen LogP contribution in [-0.2, 0) is 4.79 Å². The lowest BCUT2D eigenvalue weighted by Gasteiger charge is -2.22. The fourth-order valence-corrected chi connectivity index (χ4v) is 0.513. The first-order valence-electron chi connectivity index (χ1n) is 3.67. The Bertz CT molecular complexity index is 157. The van der Waals surface area contributed by atoms with Gasteiger partial charge in [0.25, 0.3) is 0 Å². The Labute approximate surface area is 71.0 Å². The number of carboxylic acid groups (broad SMARTS) is 1. The van der Waals surface area contributed by atoms with Crippen LogP contribution in [0.25, 0.3) is 0 Å². The van der Waals surface area contributed by atoms with Crippen LogP contribution < -0.4 is 5.32 Å². The first kappa shape index (κ1) is 11.4. The average Bonchev–Trinajstić information content (AvgIpc) is 2.00. The zero-order valence-corrected chi connectivity index (χ0v) is 7.24. The molecule has 0 amide bonds. The molecule has 0 saturated heterocycles. The molecule has 0 bridgehead atoms. The first-order chi connectivity index (χ1) is 5.40. The van der Waals surface area contributed by atoms with Gasteiger partial charge in [-0.1, -0.05) is 0 Å². The van der Waals surface area contributed by atoms with Crippen molar-refractivity contribution in [2.45, 2.75) is 25.5 Å². The van der Waals surface area contributed by atoms with E-state index in [1.165, 1.54) is 13.8 Å². The van der Waals surface area contributed by atoms with Crippen molar-refractivity contribution in [2.24, 2.45) is 0 Å². The summed E-state index contributed by atoms with van der Waals surface area (Å²) in [6, 6.07) is 0. The summed E-state index contributed by atoms with van der Waals surface area (Å²) in [7, 11) is 0. The third-order valence-electron chi connectivity index (χ3n) is 1.53. The second kappa shape index (κ2) is 4.39. The van der Waals surface area contributed by atoms with Crippen LogP contribution in [0.3, 0.4) is 0 Å². The SMILES string of the molecule is CC(C)(NCC(O)CO)C(=O)O. The summed E-state index contributed by atoms with van der Waals surface area (Å²) in [5.41, 5.74) is -1.07. The predicted octanol–water partition coefficient (Wildman–Crippen LogP) is -1.21. The highest BCUT2D eigenvalue weighted by molar-refractivity contribution is 5.77. The van der Waals surface area contributed by atoms with Crippen LogP contribution in [0.4, 0.5) is 0 Å². The molecule has 0 aromatic carbocycles. The average molecular weight is 177 g/mol. The number of carbonyl (C=O) groups is 1. The van der Waals surface area contributed by atoms with Gasteiger partial charge < -0.3 is 15.3 Å². The molecule has 0 aliphatic rings. The van der Waals surface area contributed by atoms with Gasteiger partial charge in [0.1, 0.15) is 5.54 Å². The van der Waals surface area contributed by atoms with Crippen LogP contribution in [-0.4, -0.2) is 46.1 Å². The Morgan fingerprint density at radius 1 is 1.58 bits per heavy atom. The molecule has 0 aliphatic heterocycles. The lowest BCUT2D eigenvalue weighted by atomic mass is 10.1.